The summed E-state index contributed by atoms with van der Waals surface area (Å²) in [5.41, 5.74) is 0.458. The molecule has 0 bridgehead atoms. The lowest BCUT2D eigenvalue weighted by Gasteiger charge is -2.36. The molecule has 1 aliphatic carbocycles. The topological polar surface area (TPSA) is 32.3 Å². The molecule has 100 valence electrons. The van der Waals surface area contributed by atoms with Gasteiger partial charge in [0.2, 0.25) is 0 Å². The highest BCUT2D eigenvalue weighted by molar-refractivity contribution is 6.42. The van der Waals surface area contributed by atoms with Gasteiger partial charge in [-0.1, -0.05) is 29.3 Å². The summed E-state index contributed by atoms with van der Waals surface area (Å²) >= 11 is 11.9. The van der Waals surface area contributed by atoms with Crippen LogP contribution < -0.4 is 5.32 Å². The van der Waals surface area contributed by atoms with E-state index in [1.165, 1.54) is 0 Å². The van der Waals surface area contributed by atoms with Gasteiger partial charge in [0.25, 0.3) is 0 Å². The molecule has 18 heavy (non-hydrogen) atoms. The molecular weight excluding hydrogens is 269 g/mol. The second kappa shape index (κ2) is 5.79. The standard InChI is InChI=1S/C14H19Cl2NO/c1-17-11-4-6-14(18,7-5-11)9-10-2-3-12(15)13(16)8-10/h2-3,8,11,17-18H,4-7,9H2,1H3. The average Bonchev–Trinajstić information content (AvgIpc) is 2.35. The van der Waals surface area contributed by atoms with Crippen LogP contribution in [0.5, 0.6) is 0 Å². The van der Waals surface area contributed by atoms with Gasteiger partial charge in [-0.05, 0) is 50.4 Å². The number of hydrogen-bond donors (Lipinski definition) is 2. The normalized spacial score (nSPS) is 28.3. The maximum absolute atomic E-state index is 10.6. The predicted molar refractivity (Wildman–Crippen MR) is 76.4 cm³/mol. The molecular formula is C14H19Cl2NO. The molecule has 0 unspecified atom stereocenters. The fourth-order valence-corrected chi connectivity index (χ4v) is 2.97. The highest BCUT2D eigenvalue weighted by Crippen LogP contribution is 2.32. The Kier molecular flexibility index (Phi) is 4.54. The largest absolute Gasteiger partial charge is 0.390 e. The summed E-state index contributed by atoms with van der Waals surface area (Å²) < 4.78 is 0. The summed E-state index contributed by atoms with van der Waals surface area (Å²) in [5.74, 6) is 0. The molecule has 0 radical (unpaired) electrons. The summed E-state index contributed by atoms with van der Waals surface area (Å²) in [6.07, 6.45) is 4.36. The van der Waals surface area contributed by atoms with E-state index < -0.39 is 5.60 Å². The third-order valence-corrected chi connectivity index (χ3v) is 4.58. The van der Waals surface area contributed by atoms with Crippen molar-refractivity contribution in [1.82, 2.24) is 5.32 Å². The van der Waals surface area contributed by atoms with E-state index in [1.54, 1.807) is 6.07 Å². The van der Waals surface area contributed by atoms with Gasteiger partial charge < -0.3 is 10.4 Å². The molecule has 0 heterocycles. The molecule has 2 N–H and O–H groups in total. The summed E-state index contributed by atoms with van der Waals surface area (Å²) in [4.78, 5) is 0. The molecule has 0 aromatic heterocycles. The second-order valence-corrected chi connectivity index (χ2v) is 6.03. The van der Waals surface area contributed by atoms with E-state index in [9.17, 15) is 5.11 Å². The number of rotatable bonds is 3. The van der Waals surface area contributed by atoms with Crippen molar-refractivity contribution in [2.75, 3.05) is 7.05 Å². The van der Waals surface area contributed by atoms with E-state index in [2.05, 4.69) is 5.32 Å². The molecule has 0 amide bonds. The molecule has 2 nitrogen and oxygen atoms in total. The van der Waals surface area contributed by atoms with Crippen molar-refractivity contribution in [2.45, 2.75) is 43.7 Å². The SMILES string of the molecule is CNC1CCC(O)(Cc2ccc(Cl)c(Cl)c2)CC1. The van der Waals surface area contributed by atoms with Crippen molar-refractivity contribution in [1.29, 1.82) is 0 Å². The van der Waals surface area contributed by atoms with Crippen molar-refractivity contribution in [3.8, 4) is 0 Å². The van der Waals surface area contributed by atoms with Crippen LogP contribution in [0.3, 0.4) is 0 Å². The highest BCUT2D eigenvalue weighted by atomic mass is 35.5. The first-order chi connectivity index (χ1) is 8.52. The van der Waals surface area contributed by atoms with Crippen LogP contribution in [-0.4, -0.2) is 23.8 Å². The molecule has 1 saturated carbocycles. The molecule has 0 aliphatic heterocycles. The molecule has 1 fully saturated rings. The van der Waals surface area contributed by atoms with Gasteiger partial charge in [0.05, 0.1) is 15.6 Å². The van der Waals surface area contributed by atoms with Crippen LogP contribution in [-0.2, 0) is 6.42 Å². The van der Waals surface area contributed by atoms with Gasteiger partial charge in [0.1, 0.15) is 0 Å². The summed E-state index contributed by atoms with van der Waals surface area (Å²) in [6.45, 7) is 0. The van der Waals surface area contributed by atoms with Crippen LogP contribution in [0.25, 0.3) is 0 Å². The fourth-order valence-electron chi connectivity index (χ4n) is 2.65. The van der Waals surface area contributed by atoms with Gasteiger partial charge in [0.15, 0.2) is 0 Å². The van der Waals surface area contributed by atoms with Crippen LogP contribution in [0.1, 0.15) is 31.2 Å². The molecule has 2 rings (SSSR count). The molecule has 1 aliphatic rings. The van der Waals surface area contributed by atoms with Gasteiger partial charge in [-0.15, -0.1) is 0 Å². The lowest BCUT2D eigenvalue weighted by Crippen LogP contribution is -2.41. The van der Waals surface area contributed by atoms with Crippen LogP contribution in [0.15, 0.2) is 18.2 Å². The smallest absolute Gasteiger partial charge is 0.0689 e. The molecule has 0 saturated heterocycles. The minimum Gasteiger partial charge on any atom is -0.390 e. The monoisotopic (exact) mass is 287 g/mol. The fraction of sp³-hybridized carbons (Fsp3) is 0.571. The minimum atomic E-state index is -0.593. The van der Waals surface area contributed by atoms with Crippen LogP contribution in [0, 0.1) is 0 Å². The van der Waals surface area contributed by atoms with E-state index in [-0.39, 0.29) is 0 Å². The lowest BCUT2D eigenvalue weighted by molar-refractivity contribution is -0.00242. The highest BCUT2D eigenvalue weighted by Gasteiger charge is 2.32. The molecule has 4 heteroatoms. The lowest BCUT2D eigenvalue weighted by atomic mass is 9.78. The third-order valence-electron chi connectivity index (χ3n) is 3.84. The van der Waals surface area contributed by atoms with Crippen molar-refractivity contribution in [3.05, 3.63) is 33.8 Å². The van der Waals surface area contributed by atoms with Crippen molar-refractivity contribution < 1.29 is 5.11 Å². The molecule has 0 atom stereocenters. The maximum atomic E-state index is 10.6. The van der Waals surface area contributed by atoms with E-state index in [1.807, 2.05) is 19.2 Å². The van der Waals surface area contributed by atoms with Crippen molar-refractivity contribution in [3.63, 3.8) is 0 Å². The van der Waals surface area contributed by atoms with E-state index in [0.717, 1.165) is 31.2 Å². The Hall–Kier alpha value is -0.280. The Labute approximate surface area is 118 Å². The summed E-state index contributed by atoms with van der Waals surface area (Å²) in [6, 6.07) is 6.13. The molecule has 1 aromatic carbocycles. The van der Waals surface area contributed by atoms with E-state index in [0.29, 0.717) is 22.5 Å². The average molecular weight is 288 g/mol. The number of aliphatic hydroxyl groups is 1. The van der Waals surface area contributed by atoms with E-state index >= 15 is 0 Å². The Morgan fingerprint density at radius 3 is 2.50 bits per heavy atom. The summed E-state index contributed by atoms with van der Waals surface area (Å²) in [7, 11) is 1.98. The first kappa shape index (κ1) is 14.1. The van der Waals surface area contributed by atoms with Gasteiger partial charge in [-0.25, -0.2) is 0 Å². The zero-order chi connectivity index (χ0) is 13.2. The number of halogens is 2. The van der Waals surface area contributed by atoms with Crippen molar-refractivity contribution in [2.24, 2.45) is 0 Å². The number of hydrogen-bond acceptors (Lipinski definition) is 2. The minimum absolute atomic E-state index is 0.541. The number of benzene rings is 1. The van der Waals surface area contributed by atoms with Crippen LogP contribution in [0.2, 0.25) is 10.0 Å². The van der Waals surface area contributed by atoms with Gasteiger partial charge >= 0.3 is 0 Å². The Morgan fingerprint density at radius 2 is 1.94 bits per heavy atom. The zero-order valence-corrected chi connectivity index (χ0v) is 12.1. The van der Waals surface area contributed by atoms with Gasteiger partial charge in [-0.3, -0.25) is 0 Å². The van der Waals surface area contributed by atoms with Crippen molar-refractivity contribution >= 4 is 23.2 Å². The Balaban J connectivity index is 2.02. The Bertz CT molecular complexity index is 414. The second-order valence-electron chi connectivity index (χ2n) is 5.21. The van der Waals surface area contributed by atoms with Crippen LogP contribution >= 0.6 is 23.2 Å². The quantitative estimate of drug-likeness (QED) is 0.893. The third kappa shape index (κ3) is 3.39. The zero-order valence-electron chi connectivity index (χ0n) is 10.5. The Morgan fingerprint density at radius 1 is 1.28 bits per heavy atom. The molecule has 0 spiro atoms. The molecule has 1 aromatic rings. The first-order valence-corrected chi connectivity index (χ1v) is 7.11. The number of nitrogens with one attached hydrogen (secondary N) is 1. The summed E-state index contributed by atoms with van der Waals surface area (Å²) in [5, 5.41) is 15.0. The van der Waals surface area contributed by atoms with Crippen LogP contribution in [0.4, 0.5) is 0 Å². The predicted octanol–water partition coefficient (Wildman–Crippen LogP) is 3.43. The van der Waals surface area contributed by atoms with Gasteiger partial charge in [0, 0.05) is 12.5 Å². The van der Waals surface area contributed by atoms with E-state index in [4.69, 9.17) is 23.2 Å². The maximum Gasteiger partial charge on any atom is 0.0689 e. The van der Waals surface area contributed by atoms with Gasteiger partial charge in [-0.2, -0.15) is 0 Å². The first-order valence-electron chi connectivity index (χ1n) is 6.36.